The Labute approximate surface area is 124 Å². The van der Waals surface area contributed by atoms with Crippen LogP contribution in [0.5, 0.6) is 0 Å². The molecule has 0 aromatic carbocycles. The number of hydrogen-bond donors (Lipinski definition) is 0. The van der Waals surface area contributed by atoms with E-state index in [4.69, 9.17) is 9.31 Å². The molecule has 0 N–H and O–H groups in total. The van der Waals surface area contributed by atoms with Gasteiger partial charge in [-0.25, -0.2) is 8.78 Å². The predicted molar refractivity (Wildman–Crippen MR) is 76.9 cm³/mol. The number of rotatable bonds is 2. The maximum atomic E-state index is 13.5. The fourth-order valence-electron chi connectivity index (χ4n) is 2.53. The summed E-state index contributed by atoms with van der Waals surface area (Å²) in [5.74, 6) is -2.67. The standard InChI is InChI=1S/C15H20BF2NO2/c1-12(2)13(3,4)21-16(20-12)11-8-6-7-10(19-11)14(5)9-15(14,17)18/h6-8H,9H2,1-5H3. The lowest BCUT2D eigenvalue weighted by Gasteiger charge is -2.32. The van der Waals surface area contributed by atoms with E-state index in [0.29, 0.717) is 11.3 Å². The van der Waals surface area contributed by atoms with Crippen molar-refractivity contribution in [3.8, 4) is 0 Å². The van der Waals surface area contributed by atoms with Gasteiger partial charge in [0.1, 0.15) is 0 Å². The Morgan fingerprint density at radius 1 is 1.05 bits per heavy atom. The molecule has 1 aromatic heterocycles. The van der Waals surface area contributed by atoms with E-state index >= 15 is 0 Å². The Hall–Kier alpha value is -1.01. The van der Waals surface area contributed by atoms with Gasteiger partial charge in [-0.3, -0.25) is 4.98 Å². The molecule has 3 rings (SSSR count). The monoisotopic (exact) mass is 295 g/mol. The smallest absolute Gasteiger partial charge is 0.398 e. The maximum absolute atomic E-state index is 13.5. The number of halogens is 2. The first-order valence-corrected chi connectivity index (χ1v) is 7.19. The largest absolute Gasteiger partial charge is 0.514 e. The molecule has 0 radical (unpaired) electrons. The highest BCUT2D eigenvalue weighted by molar-refractivity contribution is 6.61. The molecule has 0 spiro atoms. The van der Waals surface area contributed by atoms with Gasteiger partial charge in [0.2, 0.25) is 0 Å². The van der Waals surface area contributed by atoms with E-state index < -0.39 is 29.7 Å². The van der Waals surface area contributed by atoms with Gasteiger partial charge in [0.15, 0.2) is 0 Å². The number of pyridine rings is 1. The number of nitrogens with zero attached hydrogens (tertiary/aromatic N) is 1. The van der Waals surface area contributed by atoms with Gasteiger partial charge in [0, 0.05) is 6.42 Å². The van der Waals surface area contributed by atoms with Gasteiger partial charge in [-0.15, -0.1) is 0 Å². The van der Waals surface area contributed by atoms with Crippen LogP contribution in [0.2, 0.25) is 0 Å². The molecule has 1 aliphatic heterocycles. The third-order valence-electron chi connectivity index (χ3n) is 5.09. The minimum Gasteiger partial charge on any atom is -0.398 e. The zero-order chi connectivity index (χ0) is 15.7. The molecule has 2 fully saturated rings. The van der Waals surface area contributed by atoms with Crippen LogP contribution < -0.4 is 5.59 Å². The predicted octanol–water partition coefficient (Wildman–Crippen LogP) is 2.68. The van der Waals surface area contributed by atoms with Gasteiger partial charge in [0.05, 0.1) is 27.9 Å². The first-order chi connectivity index (χ1) is 9.49. The lowest BCUT2D eigenvalue weighted by molar-refractivity contribution is 0.00578. The summed E-state index contributed by atoms with van der Waals surface area (Å²) in [6.07, 6.45) is -0.153. The van der Waals surface area contributed by atoms with Gasteiger partial charge in [-0.1, -0.05) is 6.07 Å². The molecule has 1 saturated heterocycles. The fraction of sp³-hybridized carbons (Fsp3) is 0.667. The van der Waals surface area contributed by atoms with Crippen molar-refractivity contribution in [2.45, 2.75) is 63.6 Å². The second-order valence-electron chi connectivity index (χ2n) is 7.25. The summed E-state index contributed by atoms with van der Waals surface area (Å²) in [5, 5.41) is 0. The first-order valence-electron chi connectivity index (χ1n) is 7.19. The lowest BCUT2D eigenvalue weighted by atomic mass is 9.83. The topological polar surface area (TPSA) is 31.4 Å². The molecule has 6 heteroatoms. The van der Waals surface area contributed by atoms with Crippen molar-refractivity contribution < 1.29 is 18.1 Å². The fourth-order valence-corrected chi connectivity index (χ4v) is 2.53. The molecule has 1 aromatic rings. The maximum Gasteiger partial charge on any atom is 0.514 e. The molecule has 1 aliphatic carbocycles. The zero-order valence-electron chi connectivity index (χ0n) is 13.0. The van der Waals surface area contributed by atoms with Crippen LogP contribution in [0.3, 0.4) is 0 Å². The molecule has 1 saturated carbocycles. The van der Waals surface area contributed by atoms with Crippen molar-refractivity contribution in [2.75, 3.05) is 0 Å². The third-order valence-corrected chi connectivity index (χ3v) is 5.09. The van der Waals surface area contributed by atoms with Gasteiger partial charge in [-0.05, 0) is 46.8 Å². The second kappa shape index (κ2) is 4.05. The van der Waals surface area contributed by atoms with Crippen molar-refractivity contribution in [1.82, 2.24) is 4.98 Å². The van der Waals surface area contributed by atoms with Crippen LogP contribution in [0.4, 0.5) is 8.78 Å². The van der Waals surface area contributed by atoms with E-state index in [1.807, 2.05) is 27.7 Å². The molecule has 1 atom stereocenters. The number of hydrogen-bond acceptors (Lipinski definition) is 3. The van der Waals surface area contributed by atoms with Crippen molar-refractivity contribution in [1.29, 1.82) is 0 Å². The Morgan fingerprint density at radius 2 is 1.57 bits per heavy atom. The lowest BCUT2D eigenvalue weighted by Crippen LogP contribution is -2.41. The Morgan fingerprint density at radius 3 is 2.05 bits per heavy atom. The van der Waals surface area contributed by atoms with Crippen LogP contribution in [0.25, 0.3) is 0 Å². The molecule has 0 bridgehead atoms. The molecule has 2 heterocycles. The highest BCUT2D eigenvalue weighted by atomic mass is 19.3. The summed E-state index contributed by atoms with van der Waals surface area (Å²) in [4.78, 5) is 4.39. The van der Waals surface area contributed by atoms with E-state index in [1.54, 1.807) is 25.1 Å². The van der Waals surface area contributed by atoms with E-state index in [0.717, 1.165) is 0 Å². The van der Waals surface area contributed by atoms with E-state index in [2.05, 4.69) is 4.98 Å². The normalized spacial score (nSPS) is 32.2. The molecule has 3 nitrogen and oxygen atoms in total. The van der Waals surface area contributed by atoms with Crippen LogP contribution in [0.1, 0.15) is 46.7 Å². The molecular formula is C15H20BF2NO2. The summed E-state index contributed by atoms with van der Waals surface area (Å²) in [5.41, 5.74) is -1.15. The summed E-state index contributed by atoms with van der Waals surface area (Å²) >= 11 is 0. The Bertz CT molecular complexity index is 575. The number of aromatic nitrogens is 1. The van der Waals surface area contributed by atoms with E-state index in [1.165, 1.54) is 0 Å². The summed E-state index contributed by atoms with van der Waals surface area (Å²) in [6, 6.07) is 5.15. The van der Waals surface area contributed by atoms with Crippen molar-refractivity contribution in [3.63, 3.8) is 0 Å². The molecule has 114 valence electrons. The van der Waals surface area contributed by atoms with Crippen molar-refractivity contribution >= 4 is 12.7 Å². The summed E-state index contributed by atoms with van der Waals surface area (Å²) in [7, 11) is -0.620. The average Bonchev–Trinajstić information content (AvgIpc) is 2.78. The molecule has 1 unspecified atom stereocenters. The van der Waals surface area contributed by atoms with E-state index in [9.17, 15) is 8.78 Å². The summed E-state index contributed by atoms with van der Waals surface area (Å²) < 4.78 is 38.9. The minimum atomic E-state index is -2.67. The molecule has 2 aliphatic rings. The van der Waals surface area contributed by atoms with Crippen LogP contribution in [-0.4, -0.2) is 29.2 Å². The van der Waals surface area contributed by atoms with E-state index in [-0.39, 0.29) is 6.42 Å². The van der Waals surface area contributed by atoms with Gasteiger partial charge in [0.25, 0.3) is 5.92 Å². The van der Waals surface area contributed by atoms with Crippen molar-refractivity contribution in [3.05, 3.63) is 23.9 Å². The molecular weight excluding hydrogens is 275 g/mol. The number of alkyl halides is 2. The second-order valence-corrected chi connectivity index (χ2v) is 7.25. The van der Waals surface area contributed by atoms with Gasteiger partial charge in [-0.2, -0.15) is 0 Å². The van der Waals surface area contributed by atoms with Crippen LogP contribution in [0.15, 0.2) is 18.2 Å². The Balaban J connectivity index is 1.89. The van der Waals surface area contributed by atoms with Crippen LogP contribution in [-0.2, 0) is 14.7 Å². The van der Waals surface area contributed by atoms with Gasteiger partial charge < -0.3 is 9.31 Å². The molecule has 0 amide bonds. The SMILES string of the molecule is CC1(C)OB(c2cccc(C3(C)CC3(F)F)n2)OC1(C)C. The van der Waals surface area contributed by atoms with Crippen molar-refractivity contribution in [2.24, 2.45) is 0 Å². The Kier molecular flexibility index (Phi) is 2.87. The summed E-state index contributed by atoms with van der Waals surface area (Å²) in [6.45, 7) is 9.35. The highest BCUT2D eigenvalue weighted by Crippen LogP contribution is 2.60. The zero-order valence-corrected chi connectivity index (χ0v) is 13.0. The highest BCUT2D eigenvalue weighted by Gasteiger charge is 2.69. The minimum absolute atomic E-state index is 0.153. The van der Waals surface area contributed by atoms with Crippen LogP contribution >= 0.6 is 0 Å². The quantitative estimate of drug-likeness (QED) is 0.786. The average molecular weight is 295 g/mol. The first kappa shape index (κ1) is 14.9. The van der Waals surface area contributed by atoms with Crippen LogP contribution in [0, 0.1) is 0 Å². The third kappa shape index (κ3) is 2.11. The van der Waals surface area contributed by atoms with Gasteiger partial charge >= 0.3 is 7.12 Å². The molecule has 21 heavy (non-hydrogen) atoms.